The lowest BCUT2D eigenvalue weighted by molar-refractivity contribution is -0.149. The average Bonchev–Trinajstić information content (AvgIpc) is 2.89. The Labute approximate surface area is 223 Å². The summed E-state index contributed by atoms with van der Waals surface area (Å²) in [6, 6.07) is 13.1. The highest BCUT2D eigenvalue weighted by Gasteiger charge is 2.18. The summed E-state index contributed by atoms with van der Waals surface area (Å²) in [6.45, 7) is 5.94. The van der Waals surface area contributed by atoms with Gasteiger partial charge in [0.25, 0.3) is 0 Å². The van der Waals surface area contributed by atoms with E-state index in [1.54, 1.807) is 36.1 Å². The van der Waals surface area contributed by atoms with Crippen LogP contribution >= 0.6 is 11.8 Å². The molecule has 0 saturated heterocycles. The summed E-state index contributed by atoms with van der Waals surface area (Å²) in [5.74, 6) is 1.27. The van der Waals surface area contributed by atoms with Crippen LogP contribution in [0.5, 0.6) is 5.75 Å². The number of rotatable bonds is 18. The van der Waals surface area contributed by atoms with Crippen molar-refractivity contribution in [2.24, 2.45) is 0 Å². The van der Waals surface area contributed by atoms with E-state index in [0.29, 0.717) is 38.6 Å². The molecule has 2 aromatic rings. The molecule has 0 spiro atoms. The second-order valence-electron chi connectivity index (χ2n) is 8.57. The van der Waals surface area contributed by atoms with Crippen molar-refractivity contribution in [3.63, 3.8) is 0 Å². The number of ether oxygens (including phenoxy) is 2. The summed E-state index contributed by atoms with van der Waals surface area (Å²) < 4.78 is 24.3. The molecule has 0 aliphatic heterocycles. The molecule has 0 heterocycles. The van der Waals surface area contributed by atoms with Crippen LogP contribution < -0.4 is 10.1 Å². The molecule has 0 bridgehead atoms. The van der Waals surface area contributed by atoms with E-state index in [0.717, 1.165) is 22.6 Å². The number of nitrogens with one attached hydrogen (secondary N) is 1. The number of carboxylic acid groups (broad SMARTS) is 1. The van der Waals surface area contributed by atoms with Crippen molar-refractivity contribution >= 4 is 23.8 Å². The first kappa shape index (κ1) is 30.4. The Morgan fingerprint density at radius 3 is 2.35 bits per heavy atom. The number of carbonyl (C=O) groups is 2. The zero-order chi connectivity index (χ0) is 26.9. The van der Waals surface area contributed by atoms with Crippen molar-refractivity contribution in [2.45, 2.75) is 52.2 Å². The fourth-order valence-corrected chi connectivity index (χ4v) is 4.53. The van der Waals surface area contributed by atoms with Gasteiger partial charge in [-0.15, -0.1) is 0 Å². The van der Waals surface area contributed by atoms with Gasteiger partial charge in [-0.3, -0.25) is 0 Å². The maximum Gasteiger partial charge on any atom is 0.333 e. The number of carbonyl (C=O) groups excluding carboxylic acids is 1. The molecule has 204 valence electrons. The van der Waals surface area contributed by atoms with Crippen molar-refractivity contribution in [1.29, 1.82) is 0 Å². The van der Waals surface area contributed by atoms with Crippen molar-refractivity contribution in [3.05, 3.63) is 65.5 Å². The van der Waals surface area contributed by atoms with Crippen LogP contribution in [0.2, 0.25) is 0 Å². The van der Waals surface area contributed by atoms with E-state index >= 15 is 0 Å². The van der Waals surface area contributed by atoms with Crippen LogP contribution in [0.1, 0.15) is 44.2 Å². The van der Waals surface area contributed by atoms with Crippen LogP contribution in [0.25, 0.3) is 0 Å². The van der Waals surface area contributed by atoms with Gasteiger partial charge in [0.1, 0.15) is 18.2 Å². The number of urea groups is 1. The van der Waals surface area contributed by atoms with Gasteiger partial charge in [0.2, 0.25) is 0 Å². The molecule has 0 aromatic heterocycles. The third-order valence-corrected chi connectivity index (χ3v) is 6.71. The molecule has 2 N–H and O–H groups in total. The standard InChI is InChI=1S/C28H39FN2O5S/c1-3-5-6-18-37-19-16-31(28(34)30-21-23-7-11-24(29)12-8-23)15-17-36-25-13-9-22(10-14-25)20-26(27(32)33)35-4-2/h7-14,26H,3-6,15-21H2,1-2H3,(H,30,34)(H,32,33). The van der Waals surface area contributed by atoms with Gasteiger partial charge in [-0.1, -0.05) is 44.0 Å². The van der Waals surface area contributed by atoms with Crippen LogP contribution in [-0.4, -0.2) is 65.9 Å². The summed E-state index contributed by atoms with van der Waals surface area (Å²) >= 11 is 1.84. The van der Waals surface area contributed by atoms with Gasteiger partial charge in [-0.2, -0.15) is 11.8 Å². The first-order valence-electron chi connectivity index (χ1n) is 12.8. The van der Waals surface area contributed by atoms with Gasteiger partial charge >= 0.3 is 12.0 Å². The molecule has 1 atom stereocenters. The summed E-state index contributed by atoms with van der Waals surface area (Å²) in [5.41, 5.74) is 1.67. The van der Waals surface area contributed by atoms with E-state index < -0.39 is 12.1 Å². The molecule has 2 amide bonds. The highest BCUT2D eigenvalue weighted by molar-refractivity contribution is 7.99. The molecule has 0 aliphatic carbocycles. The smallest absolute Gasteiger partial charge is 0.333 e. The lowest BCUT2D eigenvalue weighted by Crippen LogP contribution is -2.43. The van der Waals surface area contributed by atoms with Crippen LogP contribution in [-0.2, 0) is 22.5 Å². The van der Waals surface area contributed by atoms with Crippen LogP contribution in [0.3, 0.4) is 0 Å². The first-order chi connectivity index (χ1) is 17.9. The molecule has 0 aliphatic rings. The number of hydrogen-bond donors (Lipinski definition) is 2. The second-order valence-corrected chi connectivity index (χ2v) is 9.80. The van der Waals surface area contributed by atoms with Crippen LogP contribution in [0.15, 0.2) is 48.5 Å². The van der Waals surface area contributed by atoms with E-state index in [4.69, 9.17) is 9.47 Å². The molecule has 7 nitrogen and oxygen atoms in total. The molecule has 1 unspecified atom stereocenters. The van der Waals surface area contributed by atoms with E-state index in [-0.39, 0.29) is 18.3 Å². The minimum absolute atomic E-state index is 0.187. The molecule has 2 aromatic carbocycles. The number of unbranched alkanes of at least 4 members (excludes halogenated alkanes) is 2. The average molecular weight is 535 g/mol. The van der Waals surface area contributed by atoms with E-state index in [9.17, 15) is 19.1 Å². The number of carboxylic acids is 1. The van der Waals surface area contributed by atoms with Gasteiger partial charge in [-0.05, 0) is 54.5 Å². The molecule has 0 radical (unpaired) electrons. The Bertz CT molecular complexity index is 927. The third-order valence-electron chi connectivity index (χ3n) is 5.66. The van der Waals surface area contributed by atoms with E-state index in [1.807, 2.05) is 23.9 Å². The van der Waals surface area contributed by atoms with Crippen molar-refractivity contribution in [1.82, 2.24) is 10.2 Å². The lowest BCUT2D eigenvalue weighted by Gasteiger charge is -2.23. The van der Waals surface area contributed by atoms with Crippen molar-refractivity contribution < 1.29 is 28.6 Å². The van der Waals surface area contributed by atoms with Gasteiger partial charge in [0.15, 0.2) is 6.10 Å². The Balaban J connectivity index is 1.86. The SMILES string of the molecule is CCCCCSCCN(CCOc1ccc(CC(OCC)C(=O)O)cc1)C(=O)NCc1ccc(F)cc1. The number of amides is 2. The topological polar surface area (TPSA) is 88.1 Å². The molecule has 0 fully saturated rings. The highest BCUT2D eigenvalue weighted by Crippen LogP contribution is 2.15. The number of aliphatic carboxylic acids is 1. The van der Waals surface area contributed by atoms with E-state index in [1.165, 1.54) is 31.4 Å². The maximum atomic E-state index is 13.1. The second kappa shape index (κ2) is 17.6. The van der Waals surface area contributed by atoms with Gasteiger partial charge in [0.05, 0.1) is 6.54 Å². The molecule has 2 rings (SSSR count). The summed E-state index contributed by atoms with van der Waals surface area (Å²) in [4.78, 5) is 25.9. The molecule has 37 heavy (non-hydrogen) atoms. The number of halogens is 1. The Morgan fingerprint density at radius 1 is 1.00 bits per heavy atom. The normalized spacial score (nSPS) is 11.6. The molecular weight excluding hydrogens is 495 g/mol. The molecule has 0 saturated carbocycles. The quantitative estimate of drug-likeness (QED) is 0.250. The predicted molar refractivity (Wildman–Crippen MR) is 146 cm³/mol. The summed E-state index contributed by atoms with van der Waals surface area (Å²) in [7, 11) is 0. The number of nitrogens with zero attached hydrogens (tertiary/aromatic N) is 1. The third kappa shape index (κ3) is 12.3. The largest absolute Gasteiger partial charge is 0.492 e. The van der Waals surface area contributed by atoms with Gasteiger partial charge in [0, 0.05) is 31.9 Å². The van der Waals surface area contributed by atoms with Crippen molar-refractivity contribution in [2.75, 3.05) is 37.8 Å². The predicted octanol–water partition coefficient (Wildman–Crippen LogP) is 5.37. The minimum Gasteiger partial charge on any atom is -0.492 e. The molecular formula is C28H39FN2O5S. The highest BCUT2D eigenvalue weighted by atomic mass is 32.2. The number of thioether (sulfide) groups is 1. The number of benzene rings is 2. The zero-order valence-electron chi connectivity index (χ0n) is 21.8. The van der Waals surface area contributed by atoms with Gasteiger partial charge < -0.3 is 24.8 Å². The Kier molecular flexibility index (Phi) is 14.5. The number of hydrogen-bond acceptors (Lipinski definition) is 5. The maximum absolute atomic E-state index is 13.1. The van der Waals surface area contributed by atoms with Crippen LogP contribution in [0, 0.1) is 5.82 Å². The van der Waals surface area contributed by atoms with Crippen molar-refractivity contribution in [3.8, 4) is 5.75 Å². The summed E-state index contributed by atoms with van der Waals surface area (Å²) in [6.07, 6.45) is 2.97. The fourth-order valence-electron chi connectivity index (χ4n) is 3.57. The minimum atomic E-state index is -0.983. The lowest BCUT2D eigenvalue weighted by atomic mass is 10.1. The Hall–Kier alpha value is -2.78. The molecule has 9 heteroatoms. The Morgan fingerprint density at radius 2 is 1.70 bits per heavy atom. The monoisotopic (exact) mass is 534 g/mol. The van der Waals surface area contributed by atoms with Gasteiger partial charge in [-0.25, -0.2) is 14.0 Å². The fraction of sp³-hybridized carbons (Fsp3) is 0.500. The summed E-state index contributed by atoms with van der Waals surface area (Å²) in [5, 5.41) is 12.2. The first-order valence-corrected chi connectivity index (χ1v) is 14.0. The zero-order valence-corrected chi connectivity index (χ0v) is 22.6. The van der Waals surface area contributed by atoms with Crippen LogP contribution in [0.4, 0.5) is 9.18 Å². The van der Waals surface area contributed by atoms with E-state index in [2.05, 4.69) is 12.2 Å².